The molecule has 186 valence electrons. The monoisotopic (exact) mass is 504 g/mol. The molecule has 0 bridgehead atoms. The van der Waals surface area contributed by atoms with Crippen LogP contribution in [0.25, 0.3) is 10.2 Å². The average molecular weight is 505 g/mol. The van der Waals surface area contributed by atoms with Crippen molar-refractivity contribution in [2.75, 3.05) is 11.9 Å². The number of thiophene rings is 1. The molecule has 1 aliphatic heterocycles. The van der Waals surface area contributed by atoms with Crippen molar-refractivity contribution in [1.82, 2.24) is 15.3 Å². The third kappa shape index (κ3) is 5.01. The lowest BCUT2D eigenvalue weighted by Gasteiger charge is -2.18. The molecule has 36 heavy (non-hydrogen) atoms. The van der Waals surface area contributed by atoms with E-state index >= 15 is 0 Å². The molecular formula is C27H28N4O4S. The van der Waals surface area contributed by atoms with E-state index in [9.17, 15) is 14.4 Å². The number of H-pyrrole nitrogens is 1. The number of hydrogen-bond acceptors (Lipinski definition) is 6. The molecule has 3 heterocycles. The molecule has 5 rings (SSSR count). The van der Waals surface area contributed by atoms with Crippen LogP contribution in [0.1, 0.15) is 58.9 Å². The summed E-state index contributed by atoms with van der Waals surface area (Å²) in [6.45, 7) is 8.22. The fourth-order valence-electron chi connectivity index (χ4n) is 4.18. The van der Waals surface area contributed by atoms with Crippen molar-refractivity contribution in [3.05, 3.63) is 86.3 Å². The first-order valence-corrected chi connectivity index (χ1v) is 12.6. The fourth-order valence-corrected chi connectivity index (χ4v) is 5.30. The van der Waals surface area contributed by atoms with Gasteiger partial charge in [0.25, 0.3) is 17.4 Å². The van der Waals surface area contributed by atoms with Gasteiger partial charge < -0.3 is 20.4 Å². The van der Waals surface area contributed by atoms with Crippen molar-refractivity contribution >= 4 is 39.1 Å². The van der Waals surface area contributed by atoms with Crippen LogP contribution < -0.4 is 20.9 Å². The predicted octanol–water partition coefficient (Wildman–Crippen LogP) is 4.73. The maximum absolute atomic E-state index is 13.0. The predicted molar refractivity (Wildman–Crippen MR) is 142 cm³/mol. The summed E-state index contributed by atoms with van der Waals surface area (Å²) in [6.07, 6.45) is 0. The smallest absolute Gasteiger partial charge is 0.287 e. The number of rotatable bonds is 5. The minimum absolute atomic E-state index is 0.0152. The lowest BCUT2D eigenvalue weighted by atomic mass is 9.92. The van der Waals surface area contributed by atoms with Gasteiger partial charge >= 0.3 is 0 Å². The lowest BCUT2D eigenvalue weighted by Crippen LogP contribution is -2.28. The van der Waals surface area contributed by atoms with Gasteiger partial charge in [-0.05, 0) is 35.7 Å². The molecule has 0 radical (unpaired) electrons. The van der Waals surface area contributed by atoms with Crippen LogP contribution in [0, 0.1) is 6.92 Å². The summed E-state index contributed by atoms with van der Waals surface area (Å²) in [6, 6.07) is 15.3. The van der Waals surface area contributed by atoms with Gasteiger partial charge in [-0.25, -0.2) is 4.98 Å². The minimum atomic E-state index is -0.485. The summed E-state index contributed by atoms with van der Waals surface area (Å²) in [7, 11) is 0. The third-order valence-electron chi connectivity index (χ3n) is 5.86. The Morgan fingerprint density at radius 2 is 1.92 bits per heavy atom. The zero-order valence-corrected chi connectivity index (χ0v) is 21.4. The van der Waals surface area contributed by atoms with Gasteiger partial charge in [-0.15, -0.1) is 11.3 Å². The quantitative estimate of drug-likeness (QED) is 0.364. The number of ether oxygens (including phenoxy) is 1. The van der Waals surface area contributed by atoms with E-state index in [2.05, 4.69) is 27.5 Å². The molecule has 1 unspecified atom stereocenters. The number of benzene rings is 2. The standard InChI is InChI=1S/C25H22N4O4S.C2H6/c1-13(16-6-4-3-5-7-16)20-14(2)34-25-21(20)23(31)28-22(29-25)24(32)26-11-15-8-9-18-17(10-15)27-19(30)12-33-18;1-2/h3-10,13H,11-12H2,1-2H3,(H,26,32)(H,27,30)(H,28,29,31);1-2H3. The van der Waals surface area contributed by atoms with Crippen molar-refractivity contribution in [2.24, 2.45) is 0 Å². The number of aromatic nitrogens is 2. The molecule has 1 atom stereocenters. The highest BCUT2D eigenvalue weighted by Gasteiger charge is 2.22. The van der Waals surface area contributed by atoms with Crippen LogP contribution >= 0.6 is 11.3 Å². The SMILES string of the molecule is CC.Cc1sc2nc(C(=O)NCc3ccc4c(c3)NC(=O)CO4)[nH]c(=O)c2c1C(C)c1ccccc1. The highest BCUT2D eigenvalue weighted by atomic mass is 32.1. The number of carbonyl (C=O) groups excluding carboxylic acids is 2. The molecule has 0 saturated carbocycles. The second-order valence-corrected chi connectivity index (χ2v) is 9.35. The number of nitrogens with zero attached hydrogens (tertiary/aromatic N) is 1. The Hall–Kier alpha value is -3.98. The third-order valence-corrected chi connectivity index (χ3v) is 6.88. The summed E-state index contributed by atoms with van der Waals surface area (Å²) < 4.78 is 5.35. The van der Waals surface area contributed by atoms with Gasteiger partial charge in [0.2, 0.25) is 5.82 Å². The van der Waals surface area contributed by atoms with Crippen molar-refractivity contribution in [3.8, 4) is 5.75 Å². The molecule has 0 saturated heterocycles. The number of carbonyl (C=O) groups is 2. The number of nitrogens with one attached hydrogen (secondary N) is 3. The first kappa shape index (κ1) is 25.1. The van der Waals surface area contributed by atoms with E-state index in [1.807, 2.05) is 51.1 Å². The van der Waals surface area contributed by atoms with E-state index in [1.165, 1.54) is 11.3 Å². The maximum Gasteiger partial charge on any atom is 0.287 e. The van der Waals surface area contributed by atoms with E-state index in [0.717, 1.165) is 21.6 Å². The van der Waals surface area contributed by atoms with E-state index in [1.54, 1.807) is 18.2 Å². The molecule has 1 aliphatic rings. The minimum Gasteiger partial charge on any atom is -0.482 e. The van der Waals surface area contributed by atoms with Gasteiger partial charge in [0, 0.05) is 17.3 Å². The van der Waals surface area contributed by atoms with Gasteiger partial charge in [0.05, 0.1) is 11.1 Å². The van der Waals surface area contributed by atoms with Crippen LogP contribution in [0.3, 0.4) is 0 Å². The second kappa shape index (κ2) is 10.7. The van der Waals surface area contributed by atoms with Crippen molar-refractivity contribution in [3.63, 3.8) is 0 Å². The Bertz CT molecular complexity index is 1480. The molecular weight excluding hydrogens is 476 g/mol. The Morgan fingerprint density at radius 1 is 1.17 bits per heavy atom. The van der Waals surface area contributed by atoms with Gasteiger partial charge in [-0.3, -0.25) is 14.4 Å². The maximum atomic E-state index is 13.0. The zero-order chi connectivity index (χ0) is 25.8. The highest BCUT2D eigenvalue weighted by Crippen LogP contribution is 2.36. The van der Waals surface area contributed by atoms with Crippen molar-refractivity contribution in [2.45, 2.75) is 40.2 Å². The number of aromatic amines is 1. The summed E-state index contributed by atoms with van der Waals surface area (Å²) in [5.74, 6) is -0.144. The molecule has 4 aromatic rings. The summed E-state index contributed by atoms with van der Waals surface area (Å²) >= 11 is 1.41. The van der Waals surface area contributed by atoms with Gasteiger partial charge in [-0.1, -0.05) is 57.2 Å². The molecule has 2 aromatic carbocycles. The largest absolute Gasteiger partial charge is 0.482 e. The van der Waals surface area contributed by atoms with Crippen LogP contribution in [0.4, 0.5) is 5.69 Å². The number of hydrogen-bond donors (Lipinski definition) is 3. The summed E-state index contributed by atoms with van der Waals surface area (Å²) in [5, 5.41) is 6.04. The van der Waals surface area contributed by atoms with Crippen LogP contribution in [-0.4, -0.2) is 28.4 Å². The molecule has 8 nitrogen and oxygen atoms in total. The molecule has 3 N–H and O–H groups in total. The van der Waals surface area contributed by atoms with Gasteiger partial charge in [-0.2, -0.15) is 0 Å². The second-order valence-electron chi connectivity index (χ2n) is 8.15. The van der Waals surface area contributed by atoms with Crippen molar-refractivity contribution in [1.29, 1.82) is 0 Å². The molecule has 2 amide bonds. The molecule has 2 aromatic heterocycles. The molecule has 0 aliphatic carbocycles. The normalized spacial score (nSPS) is 13.1. The number of aryl methyl sites for hydroxylation is 1. The Kier molecular flexibility index (Phi) is 7.49. The first-order chi connectivity index (χ1) is 17.4. The van der Waals surface area contributed by atoms with E-state index in [-0.39, 0.29) is 36.4 Å². The van der Waals surface area contributed by atoms with E-state index in [4.69, 9.17) is 4.74 Å². The van der Waals surface area contributed by atoms with Crippen LogP contribution in [-0.2, 0) is 11.3 Å². The zero-order valence-electron chi connectivity index (χ0n) is 20.6. The summed E-state index contributed by atoms with van der Waals surface area (Å²) in [4.78, 5) is 46.0. The van der Waals surface area contributed by atoms with Gasteiger partial charge in [0.15, 0.2) is 6.61 Å². The Morgan fingerprint density at radius 3 is 2.67 bits per heavy atom. The van der Waals surface area contributed by atoms with E-state index < -0.39 is 5.91 Å². The van der Waals surface area contributed by atoms with Crippen molar-refractivity contribution < 1.29 is 14.3 Å². The van der Waals surface area contributed by atoms with E-state index in [0.29, 0.717) is 21.7 Å². The van der Waals surface area contributed by atoms with Gasteiger partial charge in [0.1, 0.15) is 10.6 Å². The Labute approximate surface area is 212 Å². The molecule has 0 spiro atoms. The average Bonchev–Trinajstić information content (AvgIpc) is 3.24. The number of amides is 2. The van der Waals surface area contributed by atoms with Crippen LogP contribution in [0.15, 0.2) is 53.3 Å². The van der Waals surface area contributed by atoms with Crippen LogP contribution in [0.2, 0.25) is 0 Å². The summed E-state index contributed by atoms with van der Waals surface area (Å²) in [5.41, 5.74) is 3.05. The Balaban J connectivity index is 0.00000148. The highest BCUT2D eigenvalue weighted by molar-refractivity contribution is 7.18. The molecule has 9 heteroatoms. The number of anilines is 1. The first-order valence-electron chi connectivity index (χ1n) is 11.8. The number of fused-ring (bicyclic) bond motifs is 2. The topological polar surface area (TPSA) is 113 Å². The van der Waals surface area contributed by atoms with Crippen LogP contribution in [0.5, 0.6) is 5.75 Å². The lowest BCUT2D eigenvalue weighted by molar-refractivity contribution is -0.118. The molecule has 0 fully saturated rings. The fraction of sp³-hybridized carbons (Fsp3) is 0.259.